The fourth-order valence-electron chi connectivity index (χ4n) is 2.96. The Labute approximate surface area is 152 Å². The number of pyridine rings is 1. The fourth-order valence-corrected chi connectivity index (χ4v) is 2.96. The van der Waals surface area contributed by atoms with Gasteiger partial charge in [-0.05, 0) is 43.7 Å². The Morgan fingerprint density at radius 2 is 2.04 bits per heavy atom. The van der Waals surface area contributed by atoms with Crippen molar-refractivity contribution in [3.8, 4) is 23.0 Å². The number of aromatic nitrogens is 3. The van der Waals surface area contributed by atoms with Crippen molar-refractivity contribution in [2.75, 3.05) is 18.4 Å². The van der Waals surface area contributed by atoms with Crippen LogP contribution in [0, 0.1) is 0 Å². The molecule has 2 N–H and O–H groups in total. The number of benzene rings is 1. The Morgan fingerprint density at radius 3 is 2.81 bits per heavy atom. The van der Waals surface area contributed by atoms with Crippen LogP contribution >= 0.6 is 0 Å². The van der Waals surface area contributed by atoms with E-state index in [0.29, 0.717) is 17.7 Å². The lowest BCUT2D eigenvalue weighted by Gasteiger charge is -2.15. The van der Waals surface area contributed by atoms with E-state index in [1.54, 1.807) is 18.6 Å². The Bertz CT molecular complexity index is 835. The molecule has 6 nitrogen and oxygen atoms in total. The van der Waals surface area contributed by atoms with E-state index in [0.717, 1.165) is 30.1 Å². The lowest BCUT2D eigenvalue weighted by Crippen LogP contribution is -2.29. The van der Waals surface area contributed by atoms with Gasteiger partial charge in [-0.3, -0.25) is 4.98 Å². The van der Waals surface area contributed by atoms with Gasteiger partial charge in [0.1, 0.15) is 11.4 Å². The van der Waals surface area contributed by atoms with Crippen LogP contribution in [0.25, 0.3) is 11.4 Å². The smallest absolute Gasteiger partial charge is 0.246 e. The van der Waals surface area contributed by atoms with E-state index in [1.165, 1.54) is 12.8 Å². The van der Waals surface area contributed by atoms with Crippen molar-refractivity contribution in [2.45, 2.75) is 18.9 Å². The first-order chi connectivity index (χ1) is 12.9. The lowest BCUT2D eigenvalue weighted by molar-refractivity contribution is 0.464. The lowest BCUT2D eigenvalue weighted by atomic mass is 10.2. The second kappa shape index (κ2) is 7.93. The predicted octanol–water partition coefficient (Wildman–Crippen LogP) is 3.49. The first-order valence-electron chi connectivity index (χ1n) is 8.86. The van der Waals surface area contributed by atoms with Gasteiger partial charge in [0.2, 0.25) is 5.88 Å². The van der Waals surface area contributed by atoms with Crippen LogP contribution in [0.2, 0.25) is 0 Å². The van der Waals surface area contributed by atoms with E-state index in [2.05, 4.69) is 25.6 Å². The summed E-state index contributed by atoms with van der Waals surface area (Å²) in [6.45, 7) is 1.90. The van der Waals surface area contributed by atoms with Crippen molar-refractivity contribution in [3.63, 3.8) is 0 Å². The van der Waals surface area contributed by atoms with Crippen molar-refractivity contribution in [2.24, 2.45) is 0 Å². The molecule has 1 fully saturated rings. The maximum Gasteiger partial charge on any atom is 0.246 e. The van der Waals surface area contributed by atoms with E-state index in [9.17, 15) is 0 Å². The van der Waals surface area contributed by atoms with Crippen molar-refractivity contribution in [1.29, 1.82) is 0 Å². The van der Waals surface area contributed by atoms with E-state index in [4.69, 9.17) is 4.74 Å². The maximum atomic E-state index is 6.03. The SMILES string of the molecule is c1ccc(Oc2nc(-c3cccnc3)ncc2NC[C@@H]2CCCN2)cc1. The van der Waals surface area contributed by atoms with Crippen LogP contribution in [0.15, 0.2) is 61.1 Å². The van der Waals surface area contributed by atoms with Crippen molar-refractivity contribution in [3.05, 3.63) is 61.1 Å². The molecule has 132 valence electrons. The van der Waals surface area contributed by atoms with E-state index >= 15 is 0 Å². The van der Waals surface area contributed by atoms with Gasteiger partial charge >= 0.3 is 0 Å². The first kappa shape index (κ1) is 16.5. The molecular formula is C20H21N5O. The Morgan fingerprint density at radius 1 is 1.12 bits per heavy atom. The first-order valence-corrected chi connectivity index (χ1v) is 8.86. The molecular weight excluding hydrogens is 326 g/mol. The number of hydrogen-bond acceptors (Lipinski definition) is 6. The molecule has 0 bridgehead atoms. The summed E-state index contributed by atoms with van der Waals surface area (Å²) in [5.41, 5.74) is 1.64. The van der Waals surface area contributed by atoms with E-state index < -0.39 is 0 Å². The fraction of sp³-hybridized carbons (Fsp3) is 0.250. The zero-order valence-electron chi connectivity index (χ0n) is 14.4. The molecule has 0 unspecified atom stereocenters. The minimum atomic E-state index is 0.470. The summed E-state index contributed by atoms with van der Waals surface area (Å²) >= 11 is 0. The van der Waals surface area contributed by atoms with Gasteiger partial charge < -0.3 is 15.4 Å². The zero-order chi connectivity index (χ0) is 17.6. The average molecular weight is 347 g/mol. The molecule has 1 aromatic carbocycles. The minimum absolute atomic E-state index is 0.470. The van der Waals surface area contributed by atoms with Crippen molar-refractivity contribution < 1.29 is 4.74 Å². The Hall–Kier alpha value is -2.99. The molecule has 0 saturated carbocycles. The molecule has 1 aliphatic heterocycles. The number of ether oxygens (including phenoxy) is 1. The van der Waals surface area contributed by atoms with Gasteiger partial charge in [-0.25, -0.2) is 4.98 Å². The summed E-state index contributed by atoms with van der Waals surface area (Å²) in [6.07, 6.45) is 7.65. The molecule has 3 heterocycles. The third-order valence-electron chi connectivity index (χ3n) is 4.33. The quantitative estimate of drug-likeness (QED) is 0.711. The topological polar surface area (TPSA) is 72.0 Å². The average Bonchev–Trinajstić information content (AvgIpc) is 3.22. The van der Waals surface area contributed by atoms with Gasteiger partial charge in [-0.1, -0.05) is 18.2 Å². The number of hydrogen-bond donors (Lipinski definition) is 2. The Kier molecular flexibility index (Phi) is 5.02. The van der Waals surface area contributed by atoms with Crippen LogP contribution in [0.4, 0.5) is 5.69 Å². The third-order valence-corrected chi connectivity index (χ3v) is 4.33. The minimum Gasteiger partial charge on any atom is -0.437 e. The van der Waals surface area contributed by atoms with Crippen LogP contribution in [-0.4, -0.2) is 34.1 Å². The summed E-state index contributed by atoms with van der Waals surface area (Å²) in [5.74, 6) is 1.85. The molecule has 4 rings (SSSR count). The molecule has 3 aromatic rings. The van der Waals surface area contributed by atoms with Crippen LogP contribution in [0.1, 0.15) is 12.8 Å². The highest BCUT2D eigenvalue weighted by atomic mass is 16.5. The number of para-hydroxylation sites is 1. The molecule has 26 heavy (non-hydrogen) atoms. The molecule has 1 aliphatic rings. The second-order valence-electron chi connectivity index (χ2n) is 6.24. The highest BCUT2D eigenvalue weighted by Gasteiger charge is 2.16. The number of anilines is 1. The summed E-state index contributed by atoms with van der Waals surface area (Å²) in [5, 5.41) is 6.91. The molecule has 0 radical (unpaired) electrons. The standard InChI is InChI=1S/C20H21N5O/c1-2-8-17(9-3-1)26-20-18(23-13-16-7-5-11-22-16)14-24-19(25-20)15-6-4-10-21-12-15/h1-4,6,8-10,12,14,16,22-23H,5,7,11,13H2/t16-/m0/s1. The van der Waals surface area contributed by atoms with Crippen molar-refractivity contribution in [1.82, 2.24) is 20.3 Å². The predicted molar refractivity (Wildman–Crippen MR) is 101 cm³/mol. The van der Waals surface area contributed by atoms with Crippen LogP contribution in [0.3, 0.4) is 0 Å². The van der Waals surface area contributed by atoms with Crippen LogP contribution in [0.5, 0.6) is 11.6 Å². The largest absolute Gasteiger partial charge is 0.437 e. The molecule has 0 amide bonds. The Balaban J connectivity index is 1.61. The van der Waals surface area contributed by atoms with Gasteiger partial charge in [0.05, 0.1) is 6.20 Å². The van der Waals surface area contributed by atoms with E-state index in [-0.39, 0.29) is 0 Å². The van der Waals surface area contributed by atoms with Gasteiger partial charge in [-0.15, -0.1) is 0 Å². The second-order valence-corrected chi connectivity index (χ2v) is 6.24. The normalized spacial score (nSPS) is 16.4. The van der Waals surface area contributed by atoms with Crippen LogP contribution in [-0.2, 0) is 0 Å². The number of nitrogens with zero attached hydrogens (tertiary/aromatic N) is 3. The van der Waals surface area contributed by atoms with Gasteiger partial charge in [0.25, 0.3) is 0 Å². The van der Waals surface area contributed by atoms with Crippen LogP contribution < -0.4 is 15.4 Å². The highest BCUT2D eigenvalue weighted by Crippen LogP contribution is 2.29. The van der Waals surface area contributed by atoms with Gasteiger partial charge in [0, 0.05) is 30.5 Å². The summed E-state index contributed by atoms with van der Waals surface area (Å²) < 4.78 is 6.03. The molecule has 0 spiro atoms. The molecule has 2 aromatic heterocycles. The van der Waals surface area contributed by atoms with E-state index in [1.807, 2.05) is 42.5 Å². The zero-order valence-corrected chi connectivity index (χ0v) is 14.4. The molecule has 6 heteroatoms. The van der Waals surface area contributed by atoms with Gasteiger partial charge in [-0.2, -0.15) is 4.98 Å². The third kappa shape index (κ3) is 3.97. The highest BCUT2D eigenvalue weighted by molar-refractivity contribution is 5.60. The van der Waals surface area contributed by atoms with Gasteiger partial charge in [0.15, 0.2) is 5.82 Å². The summed E-state index contributed by atoms with van der Waals surface area (Å²) in [7, 11) is 0. The number of nitrogens with one attached hydrogen (secondary N) is 2. The molecule has 0 aliphatic carbocycles. The molecule has 1 atom stereocenters. The molecule has 1 saturated heterocycles. The monoisotopic (exact) mass is 347 g/mol. The van der Waals surface area contributed by atoms with Crippen molar-refractivity contribution >= 4 is 5.69 Å². The summed E-state index contributed by atoms with van der Waals surface area (Å²) in [4.78, 5) is 13.3. The summed E-state index contributed by atoms with van der Waals surface area (Å²) in [6, 6.07) is 13.9. The maximum absolute atomic E-state index is 6.03. The number of rotatable bonds is 6.